The third kappa shape index (κ3) is 6.31. The fraction of sp³-hybridized carbons (Fsp3) is 0.391. The van der Waals surface area contributed by atoms with Crippen LogP contribution in [0.1, 0.15) is 38.3 Å². The van der Waals surface area contributed by atoms with Gasteiger partial charge in [0.25, 0.3) is 0 Å². The molecule has 0 radical (unpaired) electrons. The van der Waals surface area contributed by atoms with Gasteiger partial charge in [-0.05, 0) is 49.6 Å². The van der Waals surface area contributed by atoms with Gasteiger partial charge in [0.2, 0.25) is 11.8 Å². The Morgan fingerprint density at radius 1 is 1.14 bits per heavy atom. The smallest absolute Gasteiger partial charge is 0.243 e. The summed E-state index contributed by atoms with van der Waals surface area (Å²) in [5, 5.41) is 2.88. The summed E-state index contributed by atoms with van der Waals surface area (Å²) in [5.74, 6) is -0.276. The van der Waals surface area contributed by atoms with E-state index in [1.54, 1.807) is 25.3 Å². The van der Waals surface area contributed by atoms with Gasteiger partial charge in [0.05, 0.1) is 13.5 Å². The molecule has 1 atom stereocenters. The number of ether oxygens (including phenoxy) is 1. The predicted molar refractivity (Wildman–Crippen MR) is 111 cm³/mol. The zero-order valence-corrected chi connectivity index (χ0v) is 17.4. The standard InChI is InChI=1S/C23H29FN2O3/c1-5-21(23(28)25-16(2)3)26(15-17-9-8-11-19(13-17)29-4)22(27)14-18-10-6-7-12-20(18)24/h6-13,16,21H,5,14-15H2,1-4H3,(H,25,28)/t21-/m0/s1. The molecule has 0 unspecified atom stereocenters. The van der Waals surface area contributed by atoms with Crippen molar-refractivity contribution in [3.63, 3.8) is 0 Å². The van der Waals surface area contributed by atoms with E-state index in [0.29, 0.717) is 17.7 Å². The van der Waals surface area contributed by atoms with Crippen LogP contribution in [0.5, 0.6) is 5.75 Å². The molecule has 0 fully saturated rings. The highest BCUT2D eigenvalue weighted by atomic mass is 19.1. The van der Waals surface area contributed by atoms with Crippen molar-refractivity contribution in [2.45, 2.75) is 52.2 Å². The number of benzene rings is 2. The molecule has 0 heterocycles. The fourth-order valence-electron chi connectivity index (χ4n) is 3.17. The van der Waals surface area contributed by atoms with Crippen LogP contribution in [0.15, 0.2) is 48.5 Å². The number of halogens is 1. The molecule has 0 spiro atoms. The molecule has 156 valence electrons. The zero-order valence-electron chi connectivity index (χ0n) is 17.4. The zero-order chi connectivity index (χ0) is 21.4. The van der Waals surface area contributed by atoms with Crippen molar-refractivity contribution in [1.82, 2.24) is 10.2 Å². The normalized spacial score (nSPS) is 11.8. The summed E-state index contributed by atoms with van der Waals surface area (Å²) in [4.78, 5) is 27.4. The van der Waals surface area contributed by atoms with Crippen LogP contribution >= 0.6 is 0 Å². The minimum atomic E-state index is -0.650. The number of nitrogens with one attached hydrogen (secondary N) is 1. The molecule has 0 aliphatic carbocycles. The molecule has 2 aromatic rings. The maximum Gasteiger partial charge on any atom is 0.243 e. The van der Waals surface area contributed by atoms with Gasteiger partial charge < -0.3 is 15.0 Å². The van der Waals surface area contributed by atoms with E-state index in [1.807, 2.05) is 45.0 Å². The van der Waals surface area contributed by atoms with Crippen LogP contribution in [-0.2, 0) is 22.6 Å². The Labute approximate surface area is 171 Å². The SMILES string of the molecule is CC[C@@H](C(=O)NC(C)C)N(Cc1cccc(OC)c1)C(=O)Cc1ccccc1F. The van der Waals surface area contributed by atoms with Gasteiger partial charge in [0, 0.05) is 12.6 Å². The second-order valence-corrected chi connectivity index (χ2v) is 7.23. The lowest BCUT2D eigenvalue weighted by molar-refractivity contribution is -0.141. The lowest BCUT2D eigenvalue weighted by Gasteiger charge is -2.31. The minimum absolute atomic E-state index is 0.0445. The molecule has 6 heteroatoms. The summed E-state index contributed by atoms with van der Waals surface area (Å²) in [5.41, 5.74) is 1.15. The van der Waals surface area contributed by atoms with Gasteiger partial charge in [-0.25, -0.2) is 4.39 Å². The predicted octanol–water partition coefficient (Wildman–Crippen LogP) is 3.71. The van der Waals surface area contributed by atoms with Gasteiger partial charge in [-0.3, -0.25) is 9.59 Å². The van der Waals surface area contributed by atoms with Crippen LogP contribution < -0.4 is 10.1 Å². The molecule has 1 N–H and O–H groups in total. The average Bonchev–Trinajstić information content (AvgIpc) is 2.69. The lowest BCUT2D eigenvalue weighted by Crippen LogP contribution is -2.50. The third-order valence-electron chi connectivity index (χ3n) is 4.60. The van der Waals surface area contributed by atoms with Crippen LogP contribution in [0, 0.1) is 5.82 Å². The first kappa shape index (κ1) is 22.4. The van der Waals surface area contributed by atoms with Crippen molar-refractivity contribution in [2.24, 2.45) is 0 Å². The van der Waals surface area contributed by atoms with Gasteiger partial charge in [0.1, 0.15) is 17.6 Å². The molecular weight excluding hydrogens is 371 g/mol. The highest BCUT2D eigenvalue weighted by molar-refractivity contribution is 5.88. The van der Waals surface area contributed by atoms with Gasteiger partial charge in [-0.15, -0.1) is 0 Å². The minimum Gasteiger partial charge on any atom is -0.497 e. The Bertz CT molecular complexity index is 838. The molecular formula is C23H29FN2O3. The van der Waals surface area contributed by atoms with Gasteiger partial charge in [-0.1, -0.05) is 37.3 Å². The molecule has 0 saturated carbocycles. The van der Waals surface area contributed by atoms with E-state index >= 15 is 0 Å². The summed E-state index contributed by atoms with van der Waals surface area (Å²) in [6, 6.07) is 12.9. The number of nitrogens with zero attached hydrogens (tertiary/aromatic N) is 1. The number of amides is 2. The van der Waals surface area contributed by atoms with Crippen molar-refractivity contribution >= 4 is 11.8 Å². The molecule has 0 aromatic heterocycles. The highest BCUT2D eigenvalue weighted by Crippen LogP contribution is 2.19. The molecule has 0 aliphatic heterocycles. The first-order chi connectivity index (χ1) is 13.8. The monoisotopic (exact) mass is 400 g/mol. The molecule has 0 bridgehead atoms. The number of rotatable bonds is 9. The van der Waals surface area contributed by atoms with Crippen LogP contribution in [0.25, 0.3) is 0 Å². The van der Waals surface area contributed by atoms with Gasteiger partial charge in [0.15, 0.2) is 0 Å². The number of hydrogen-bond donors (Lipinski definition) is 1. The van der Waals surface area contributed by atoms with Crippen molar-refractivity contribution in [2.75, 3.05) is 7.11 Å². The number of carbonyl (C=O) groups excluding carboxylic acids is 2. The van der Waals surface area contributed by atoms with Crippen LogP contribution in [0.2, 0.25) is 0 Å². The van der Waals surface area contributed by atoms with Crippen LogP contribution in [-0.4, -0.2) is 35.9 Å². The van der Waals surface area contributed by atoms with Crippen molar-refractivity contribution in [3.05, 3.63) is 65.5 Å². The first-order valence-electron chi connectivity index (χ1n) is 9.81. The summed E-state index contributed by atoms with van der Waals surface area (Å²) in [6.45, 7) is 5.84. The summed E-state index contributed by atoms with van der Waals surface area (Å²) in [7, 11) is 1.57. The lowest BCUT2D eigenvalue weighted by atomic mass is 10.1. The van der Waals surface area contributed by atoms with E-state index in [1.165, 1.54) is 11.0 Å². The fourth-order valence-corrected chi connectivity index (χ4v) is 3.17. The second kappa shape index (κ2) is 10.6. The molecule has 2 aromatic carbocycles. The van der Waals surface area contributed by atoms with Crippen LogP contribution in [0.3, 0.4) is 0 Å². The molecule has 5 nitrogen and oxygen atoms in total. The second-order valence-electron chi connectivity index (χ2n) is 7.23. The van der Waals surface area contributed by atoms with Crippen molar-refractivity contribution in [1.29, 1.82) is 0 Å². The van der Waals surface area contributed by atoms with E-state index in [-0.39, 0.29) is 30.8 Å². The molecule has 2 amide bonds. The van der Waals surface area contributed by atoms with E-state index in [0.717, 1.165) is 5.56 Å². The van der Waals surface area contributed by atoms with E-state index in [9.17, 15) is 14.0 Å². The van der Waals surface area contributed by atoms with Crippen molar-refractivity contribution < 1.29 is 18.7 Å². The largest absolute Gasteiger partial charge is 0.497 e. The number of carbonyl (C=O) groups is 2. The molecule has 2 rings (SSSR count). The summed E-state index contributed by atoms with van der Waals surface area (Å²) < 4.78 is 19.3. The Hall–Kier alpha value is -2.89. The molecule has 29 heavy (non-hydrogen) atoms. The van der Waals surface area contributed by atoms with Gasteiger partial charge in [-0.2, -0.15) is 0 Å². The number of methoxy groups -OCH3 is 1. The third-order valence-corrected chi connectivity index (χ3v) is 4.60. The van der Waals surface area contributed by atoms with E-state index in [2.05, 4.69) is 5.32 Å². The highest BCUT2D eigenvalue weighted by Gasteiger charge is 2.29. The molecule has 0 aliphatic rings. The number of hydrogen-bond acceptors (Lipinski definition) is 3. The van der Waals surface area contributed by atoms with E-state index in [4.69, 9.17) is 4.74 Å². The Morgan fingerprint density at radius 3 is 2.48 bits per heavy atom. The Balaban J connectivity index is 2.33. The Kier molecular flexibility index (Phi) is 8.19. The average molecular weight is 400 g/mol. The maximum atomic E-state index is 14.1. The summed E-state index contributed by atoms with van der Waals surface area (Å²) >= 11 is 0. The quantitative estimate of drug-likeness (QED) is 0.698. The van der Waals surface area contributed by atoms with Crippen LogP contribution in [0.4, 0.5) is 4.39 Å². The summed E-state index contributed by atoms with van der Waals surface area (Å²) in [6.07, 6.45) is 0.341. The topological polar surface area (TPSA) is 58.6 Å². The van der Waals surface area contributed by atoms with Crippen molar-refractivity contribution in [3.8, 4) is 5.75 Å². The maximum absolute atomic E-state index is 14.1. The Morgan fingerprint density at radius 2 is 1.86 bits per heavy atom. The molecule has 0 saturated heterocycles. The van der Waals surface area contributed by atoms with E-state index < -0.39 is 11.9 Å². The van der Waals surface area contributed by atoms with Gasteiger partial charge >= 0.3 is 0 Å². The first-order valence-corrected chi connectivity index (χ1v) is 9.81.